The molecule has 118 valence electrons. The average Bonchev–Trinajstić information content (AvgIpc) is 2.46. The van der Waals surface area contributed by atoms with E-state index in [9.17, 15) is 13.2 Å². The Hall–Kier alpha value is -1.40. The minimum absolute atomic E-state index is 0.171. The van der Waals surface area contributed by atoms with Crippen LogP contribution in [-0.2, 0) is 29.9 Å². The van der Waals surface area contributed by atoms with Crippen molar-refractivity contribution in [2.24, 2.45) is 0 Å². The Labute approximate surface area is 126 Å². The maximum absolute atomic E-state index is 11.6. The van der Waals surface area contributed by atoms with Crippen LogP contribution in [-0.4, -0.2) is 14.4 Å². The number of carbonyl (C=O) groups excluding carboxylic acids is 1. The van der Waals surface area contributed by atoms with Crippen molar-refractivity contribution in [3.05, 3.63) is 35.9 Å². The molecule has 0 heterocycles. The van der Waals surface area contributed by atoms with E-state index >= 15 is 0 Å². The fourth-order valence-electron chi connectivity index (χ4n) is 1.81. The standard InChI is InChI=1S/C15H22O5S/c1-2-3-4-5-9-12-15(16)19-20-21(17,18)13-14-10-7-6-8-11-14/h6-8,10-11H,2-5,9,12-13H2,1H3. The van der Waals surface area contributed by atoms with Gasteiger partial charge in [0.15, 0.2) is 0 Å². The van der Waals surface area contributed by atoms with Gasteiger partial charge in [0, 0.05) is 6.42 Å². The van der Waals surface area contributed by atoms with Crippen LogP contribution in [0.5, 0.6) is 0 Å². The summed E-state index contributed by atoms with van der Waals surface area (Å²) in [5.74, 6) is -0.972. The Morgan fingerprint density at radius 3 is 2.38 bits per heavy atom. The number of unbranched alkanes of at least 4 members (excludes halogenated alkanes) is 4. The van der Waals surface area contributed by atoms with E-state index in [1.165, 1.54) is 0 Å². The summed E-state index contributed by atoms with van der Waals surface area (Å²) < 4.78 is 27.5. The quantitative estimate of drug-likeness (QED) is 0.376. The normalized spacial score (nSPS) is 11.3. The smallest absolute Gasteiger partial charge is 0.281 e. The lowest BCUT2D eigenvalue weighted by Gasteiger charge is -2.04. The summed E-state index contributed by atoms with van der Waals surface area (Å²) in [6.07, 6.45) is 5.12. The highest BCUT2D eigenvalue weighted by Gasteiger charge is 2.16. The van der Waals surface area contributed by atoms with Gasteiger partial charge in [0.2, 0.25) is 0 Å². The molecule has 0 amide bonds. The molecule has 0 fully saturated rings. The van der Waals surface area contributed by atoms with E-state index in [1.807, 2.05) is 0 Å². The third kappa shape index (κ3) is 8.47. The van der Waals surface area contributed by atoms with Gasteiger partial charge in [0.1, 0.15) is 5.75 Å². The van der Waals surface area contributed by atoms with E-state index in [2.05, 4.69) is 16.1 Å². The summed E-state index contributed by atoms with van der Waals surface area (Å²) in [7, 11) is -3.91. The fourth-order valence-corrected chi connectivity index (χ4v) is 2.64. The molecule has 0 aliphatic heterocycles. The zero-order valence-electron chi connectivity index (χ0n) is 12.3. The van der Waals surface area contributed by atoms with Crippen molar-refractivity contribution < 1.29 is 22.4 Å². The summed E-state index contributed by atoms with van der Waals surface area (Å²) in [6.45, 7) is 2.11. The van der Waals surface area contributed by atoms with Crippen LogP contribution in [0.2, 0.25) is 0 Å². The molecule has 0 N–H and O–H groups in total. The van der Waals surface area contributed by atoms with Crippen LogP contribution in [0.25, 0.3) is 0 Å². The lowest BCUT2D eigenvalue weighted by Crippen LogP contribution is -2.13. The van der Waals surface area contributed by atoms with Crippen molar-refractivity contribution in [1.29, 1.82) is 0 Å². The maximum atomic E-state index is 11.6. The summed E-state index contributed by atoms with van der Waals surface area (Å²) >= 11 is 0. The largest absolute Gasteiger partial charge is 0.343 e. The molecule has 1 rings (SSSR count). The maximum Gasteiger partial charge on any atom is 0.343 e. The second-order valence-corrected chi connectivity index (χ2v) is 6.42. The van der Waals surface area contributed by atoms with Crippen molar-refractivity contribution in [2.75, 3.05) is 0 Å². The molecule has 0 radical (unpaired) electrons. The van der Waals surface area contributed by atoms with Crippen LogP contribution in [0, 0.1) is 0 Å². The van der Waals surface area contributed by atoms with E-state index in [4.69, 9.17) is 0 Å². The molecule has 0 unspecified atom stereocenters. The molecule has 1 aromatic carbocycles. The Bertz CT molecular complexity index is 510. The number of hydrogen-bond acceptors (Lipinski definition) is 5. The minimum atomic E-state index is -3.91. The minimum Gasteiger partial charge on any atom is -0.281 e. The van der Waals surface area contributed by atoms with Crippen molar-refractivity contribution in [3.63, 3.8) is 0 Å². The van der Waals surface area contributed by atoms with E-state index in [-0.39, 0.29) is 12.2 Å². The van der Waals surface area contributed by atoms with E-state index in [0.717, 1.165) is 25.7 Å². The van der Waals surface area contributed by atoms with E-state index in [0.29, 0.717) is 12.0 Å². The molecule has 0 saturated heterocycles. The monoisotopic (exact) mass is 314 g/mol. The summed E-state index contributed by atoms with van der Waals surface area (Å²) in [6, 6.07) is 8.57. The van der Waals surface area contributed by atoms with E-state index in [1.54, 1.807) is 30.3 Å². The van der Waals surface area contributed by atoms with Gasteiger partial charge in [-0.3, -0.25) is 4.89 Å². The first kappa shape index (κ1) is 17.7. The second kappa shape index (κ2) is 9.52. The number of carbonyl (C=O) groups is 1. The molecule has 0 saturated carbocycles. The summed E-state index contributed by atoms with van der Waals surface area (Å²) in [4.78, 5) is 15.7. The van der Waals surface area contributed by atoms with Crippen LogP contribution in [0.4, 0.5) is 0 Å². The van der Waals surface area contributed by atoms with Crippen LogP contribution in [0.3, 0.4) is 0 Å². The summed E-state index contributed by atoms with van der Waals surface area (Å²) in [5.41, 5.74) is 0.577. The van der Waals surface area contributed by atoms with Gasteiger partial charge in [0.25, 0.3) is 0 Å². The lowest BCUT2D eigenvalue weighted by molar-refractivity contribution is -0.211. The molecular formula is C15H22O5S. The zero-order chi connectivity index (χ0) is 15.6. The molecule has 0 aliphatic rings. The first-order chi connectivity index (χ1) is 10.0. The lowest BCUT2D eigenvalue weighted by atomic mass is 10.1. The molecule has 6 heteroatoms. The van der Waals surface area contributed by atoms with Gasteiger partial charge in [-0.1, -0.05) is 67.3 Å². The Morgan fingerprint density at radius 1 is 1.05 bits per heavy atom. The van der Waals surface area contributed by atoms with Crippen LogP contribution >= 0.6 is 0 Å². The van der Waals surface area contributed by atoms with Gasteiger partial charge in [-0.05, 0) is 12.0 Å². The van der Waals surface area contributed by atoms with Gasteiger partial charge in [0.05, 0.1) is 0 Å². The second-order valence-electron chi connectivity index (χ2n) is 4.88. The van der Waals surface area contributed by atoms with Gasteiger partial charge in [-0.2, -0.15) is 8.42 Å². The molecule has 0 aromatic heterocycles. The predicted molar refractivity (Wildman–Crippen MR) is 79.6 cm³/mol. The van der Waals surface area contributed by atoms with Crippen LogP contribution in [0.15, 0.2) is 30.3 Å². The predicted octanol–water partition coefficient (Wildman–Crippen LogP) is 3.35. The molecule has 0 bridgehead atoms. The van der Waals surface area contributed by atoms with Crippen molar-refractivity contribution >= 4 is 16.1 Å². The van der Waals surface area contributed by atoms with Gasteiger partial charge in [-0.15, -0.1) is 0 Å². The summed E-state index contributed by atoms with van der Waals surface area (Å²) in [5, 5.41) is 0. The first-order valence-corrected chi connectivity index (χ1v) is 8.77. The highest BCUT2D eigenvalue weighted by atomic mass is 32.2. The first-order valence-electron chi connectivity index (χ1n) is 7.19. The van der Waals surface area contributed by atoms with Crippen molar-refractivity contribution in [3.8, 4) is 0 Å². The third-order valence-corrected chi connectivity index (χ3v) is 3.86. The molecule has 0 spiro atoms. The highest BCUT2D eigenvalue weighted by Crippen LogP contribution is 2.09. The molecule has 0 aliphatic carbocycles. The third-order valence-electron chi connectivity index (χ3n) is 2.90. The Morgan fingerprint density at radius 2 is 1.71 bits per heavy atom. The molecule has 5 nitrogen and oxygen atoms in total. The zero-order valence-corrected chi connectivity index (χ0v) is 13.1. The average molecular weight is 314 g/mol. The van der Waals surface area contributed by atoms with Crippen LogP contribution < -0.4 is 0 Å². The number of rotatable bonds is 10. The van der Waals surface area contributed by atoms with Gasteiger partial charge in [-0.25, -0.2) is 4.79 Å². The van der Waals surface area contributed by atoms with Crippen molar-refractivity contribution in [1.82, 2.24) is 0 Å². The fraction of sp³-hybridized carbons (Fsp3) is 0.533. The van der Waals surface area contributed by atoms with Gasteiger partial charge >= 0.3 is 16.1 Å². The molecule has 1 aromatic rings. The topological polar surface area (TPSA) is 69.7 Å². The van der Waals surface area contributed by atoms with Gasteiger partial charge < -0.3 is 0 Å². The Kier molecular flexibility index (Phi) is 8.00. The molecular weight excluding hydrogens is 292 g/mol. The number of hydrogen-bond donors (Lipinski definition) is 0. The van der Waals surface area contributed by atoms with E-state index < -0.39 is 16.1 Å². The molecule has 0 atom stereocenters. The van der Waals surface area contributed by atoms with Crippen molar-refractivity contribution in [2.45, 2.75) is 51.2 Å². The SMILES string of the molecule is CCCCCCCC(=O)OOS(=O)(=O)Cc1ccccc1. The Balaban J connectivity index is 2.25. The molecule has 21 heavy (non-hydrogen) atoms. The number of benzene rings is 1. The highest BCUT2D eigenvalue weighted by molar-refractivity contribution is 7.85. The van der Waals surface area contributed by atoms with Crippen LogP contribution in [0.1, 0.15) is 51.0 Å².